The number of methoxy groups -OCH3 is 1. The normalized spacial score (nSPS) is 16.6. The minimum absolute atomic E-state index is 0.287. The molecule has 1 aliphatic rings. The van der Waals surface area contributed by atoms with Gasteiger partial charge in [-0.3, -0.25) is 4.79 Å². The Kier molecular flexibility index (Phi) is 7.76. The predicted octanol–water partition coefficient (Wildman–Crippen LogP) is 3.64. The lowest BCUT2D eigenvalue weighted by molar-refractivity contribution is -0.139. The summed E-state index contributed by atoms with van der Waals surface area (Å²) in [6.07, 6.45) is 8.76. The highest BCUT2D eigenvalue weighted by molar-refractivity contribution is 5.99. The molecule has 2 rings (SSSR count). The van der Waals surface area contributed by atoms with Gasteiger partial charge in [0.1, 0.15) is 11.8 Å². The van der Waals surface area contributed by atoms with E-state index < -0.39 is 6.04 Å². The summed E-state index contributed by atoms with van der Waals surface area (Å²) in [5.74, 6) is -0.0408. The van der Waals surface area contributed by atoms with Crippen molar-refractivity contribution in [3.8, 4) is 5.75 Å². The fraction of sp³-hybridized carbons (Fsp3) is 0.600. The van der Waals surface area contributed by atoms with Gasteiger partial charge in [-0.25, -0.2) is 4.79 Å². The molecule has 1 aromatic rings. The van der Waals surface area contributed by atoms with Crippen molar-refractivity contribution in [1.82, 2.24) is 5.32 Å². The fourth-order valence-electron chi connectivity index (χ4n) is 3.16. The Morgan fingerprint density at radius 1 is 1.24 bits per heavy atom. The molecule has 5 heteroatoms. The van der Waals surface area contributed by atoms with Crippen molar-refractivity contribution >= 4 is 11.9 Å². The van der Waals surface area contributed by atoms with Crippen LogP contribution in [0.25, 0.3) is 0 Å². The second kappa shape index (κ2) is 10.1. The Balaban J connectivity index is 1.96. The number of carbonyl (C=O) groups is 2. The lowest BCUT2D eigenvalue weighted by Gasteiger charge is -2.15. The molecule has 0 unspecified atom stereocenters. The quantitative estimate of drug-likeness (QED) is 0.518. The minimum atomic E-state index is -0.556. The molecule has 0 bridgehead atoms. The Hall–Kier alpha value is -2.04. The molecule has 1 N–H and O–H groups in total. The summed E-state index contributed by atoms with van der Waals surface area (Å²) in [7, 11) is 1.58. The number of unbranched alkanes of at least 4 members (excludes halogenated alkanes) is 5. The van der Waals surface area contributed by atoms with Crippen LogP contribution >= 0.6 is 0 Å². The molecule has 1 heterocycles. The minimum Gasteiger partial charge on any atom is -0.496 e. The standard InChI is InChI=1S/C20H29NO4/c1-3-4-5-6-7-8-10-15-11-9-12-16(18(15)24-2)19(22)21-17-13-14-25-20(17)23/h9,11-12,17H,3-8,10,13-14H2,1-2H3,(H,21,22)/t17-/m0/s1. The summed E-state index contributed by atoms with van der Waals surface area (Å²) in [4.78, 5) is 24.1. The summed E-state index contributed by atoms with van der Waals surface area (Å²) in [5, 5.41) is 2.74. The number of para-hydroxylation sites is 1. The third-order valence-corrected chi connectivity index (χ3v) is 4.59. The van der Waals surface area contributed by atoms with Crippen molar-refractivity contribution in [3.63, 3.8) is 0 Å². The first kappa shape index (κ1) is 19.3. The SMILES string of the molecule is CCCCCCCCc1cccc(C(=O)N[C@H]2CCOC2=O)c1OC. The van der Waals surface area contributed by atoms with Crippen molar-refractivity contribution in [2.45, 2.75) is 64.3 Å². The zero-order valence-electron chi connectivity index (χ0n) is 15.3. The predicted molar refractivity (Wildman–Crippen MR) is 96.9 cm³/mol. The molecule has 5 nitrogen and oxygen atoms in total. The van der Waals surface area contributed by atoms with Gasteiger partial charge in [0.2, 0.25) is 0 Å². The number of carbonyl (C=O) groups excluding carboxylic acids is 2. The number of aryl methyl sites for hydroxylation is 1. The van der Waals surface area contributed by atoms with Gasteiger partial charge in [-0.05, 0) is 24.5 Å². The third-order valence-electron chi connectivity index (χ3n) is 4.59. The van der Waals surface area contributed by atoms with E-state index in [0.29, 0.717) is 24.3 Å². The van der Waals surface area contributed by atoms with Crippen LogP contribution in [-0.2, 0) is 16.0 Å². The van der Waals surface area contributed by atoms with E-state index in [9.17, 15) is 9.59 Å². The van der Waals surface area contributed by atoms with Crippen molar-refractivity contribution in [3.05, 3.63) is 29.3 Å². The van der Waals surface area contributed by atoms with Gasteiger partial charge in [0, 0.05) is 6.42 Å². The number of nitrogens with one attached hydrogen (secondary N) is 1. The summed E-state index contributed by atoms with van der Waals surface area (Å²) < 4.78 is 10.4. The van der Waals surface area contributed by atoms with E-state index in [4.69, 9.17) is 9.47 Å². The highest BCUT2D eigenvalue weighted by Gasteiger charge is 2.29. The van der Waals surface area contributed by atoms with Gasteiger partial charge in [0.05, 0.1) is 19.3 Å². The maximum Gasteiger partial charge on any atom is 0.328 e. The first-order valence-corrected chi connectivity index (χ1v) is 9.30. The molecule has 1 fully saturated rings. The summed E-state index contributed by atoms with van der Waals surface area (Å²) in [6, 6.07) is 5.06. The molecule has 1 amide bonds. The molecule has 25 heavy (non-hydrogen) atoms. The van der Waals surface area contributed by atoms with Crippen LogP contribution in [-0.4, -0.2) is 31.6 Å². The van der Waals surface area contributed by atoms with Crippen LogP contribution in [0.3, 0.4) is 0 Å². The molecule has 138 valence electrons. The van der Waals surface area contributed by atoms with Crippen LogP contribution in [0.1, 0.15) is 67.8 Å². The highest BCUT2D eigenvalue weighted by atomic mass is 16.5. The Morgan fingerprint density at radius 2 is 2.00 bits per heavy atom. The molecule has 1 atom stereocenters. The van der Waals surface area contributed by atoms with E-state index in [0.717, 1.165) is 18.4 Å². The number of ether oxygens (including phenoxy) is 2. The average molecular weight is 347 g/mol. The number of esters is 1. The van der Waals surface area contributed by atoms with Gasteiger partial charge >= 0.3 is 5.97 Å². The van der Waals surface area contributed by atoms with Crippen LogP contribution in [0.2, 0.25) is 0 Å². The topological polar surface area (TPSA) is 64.6 Å². The molecule has 1 aromatic carbocycles. The summed E-state index contributed by atoms with van der Waals surface area (Å²) in [5.41, 5.74) is 1.52. The Labute approximate surface area is 150 Å². The van der Waals surface area contributed by atoms with Gasteiger partial charge in [-0.1, -0.05) is 51.2 Å². The molecule has 0 aliphatic carbocycles. The van der Waals surface area contributed by atoms with Gasteiger partial charge in [-0.15, -0.1) is 0 Å². The van der Waals surface area contributed by atoms with E-state index in [1.54, 1.807) is 13.2 Å². The van der Waals surface area contributed by atoms with Crippen LogP contribution in [0, 0.1) is 0 Å². The third kappa shape index (κ3) is 5.48. The van der Waals surface area contributed by atoms with E-state index >= 15 is 0 Å². The first-order valence-electron chi connectivity index (χ1n) is 9.30. The Bertz CT molecular complexity index is 585. The van der Waals surface area contributed by atoms with Gasteiger partial charge < -0.3 is 14.8 Å². The van der Waals surface area contributed by atoms with Crippen LogP contribution < -0.4 is 10.1 Å². The van der Waals surface area contributed by atoms with Crippen molar-refractivity contribution in [2.24, 2.45) is 0 Å². The molecule has 0 aromatic heterocycles. The van der Waals surface area contributed by atoms with Gasteiger partial charge in [0.15, 0.2) is 0 Å². The number of cyclic esters (lactones) is 1. The molecule has 0 saturated carbocycles. The highest BCUT2D eigenvalue weighted by Crippen LogP contribution is 2.26. The fourth-order valence-corrected chi connectivity index (χ4v) is 3.16. The number of hydrogen-bond acceptors (Lipinski definition) is 4. The van der Waals surface area contributed by atoms with Gasteiger partial charge in [0.25, 0.3) is 5.91 Å². The van der Waals surface area contributed by atoms with Crippen molar-refractivity contribution < 1.29 is 19.1 Å². The largest absolute Gasteiger partial charge is 0.496 e. The van der Waals surface area contributed by atoms with Crippen LogP contribution in [0.4, 0.5) is 0 Å². The Morgan fingerprint density at radius 3 is 2.68 bits per heavy atom. The zero-order valence-corrected chi connectivity index (χ0v) is 15.3. The maximum atomic E-state index is 12.5. The van der Waals surface area contributed by atoms with Gasteiger partial charge in [-0.2, -0.15) is 0 Å². The van der Waals surface area contributed by atoms with Crippen molar-refractivity contribution in [1.29, 1.82) is 0 Å². The molecule has 1 aliphatic heterocycles. The number of amides is 1. The number of rotatable bonds is 10. The lowest BCUT2D eigenvalue weighted by atomic mass is 10.0. The smallest absolute Gasteiger partial charge is 0.328 e. The van der Waals surface area contributed by atoms with E-state index in [2.05, 4.69) is 12.2 Å². The van der Waals surface area contributed by atoms with E-state index in [1.165, 1.54) is 32.1 Å². The molecule has 1 saturated heterocycles. The second-order valence-corrected chi connectivity index (χ2v) is 6.50. The summed E-state index contributed by atoms with van der Waals surface area (Å²) in [6.45, 7) is 2.58. The first-order chi connectivity index (χ1) is 12.2. The van der Waals surface area contributed by atoms with Crippen LogP contribution in [0.5, 0.6) is 5.75 Å². The van der Waals surface area contributed by atoms with E-state index in [1.807, 2.05) is 12.1 Å². The lowest BCUT2D eigenvalue weighted by Crippen LogP contribution is -2.38. The zero-order chi connectivity index (χ0) is 18.1. The van der Waals surface area contributed by atoms with E-state index in [-0.39, 0.29) is 11.9 Å². The molecular formula is C20H29NO4. The van der Waals surface area contributed by atoms with Crippen molar-refractivity contribution in [2.75, 3.05) is 13.7 Å². The molecular weight excluding hydrogens is 318 g/mol. The molecule has 0 radical (unpaired) electrons. The second-order valence-electron chi connectivity index (χ2n) is 6.50. The monoisotopic (exact) mass is 347 g/mol. The number of benzene rings is 1. The average Bonchev–Trinajstić information content (AvgIpc) is 3.02. The van der Waals surface area contributed by atoms with Crippen LogP contribution in [0.15, 0.2) is 18.2 Å². The maximum absolute atomic E-state index is 12.5. The number of hydrogen-bond donors (Lipinski definition) is 1. The summed E-state index contributed by atoms with van der Waals surface area (Å²) >= 11 is 0. The molecule has 0 spiro atoms.